The van der Waals surface area contributed by atoms with Gasteiger partial charge >= 0.3 is 0 Å². The van der Waals surface area contributed by atoms with Crippen molar-refractivity contribution in [2.75, 3.05) is 0 Å². The first-order chi connectivity index (χ1) is 11.7. The standard InChI is InChI=1S/C20H15IN2S/c1-14-7-10-17(11-8-14)24-20-19(15-5-3-2-4-6-15)22-18-12-9-16(21)13-23(18)20/h2-13H,1H3. The van der Waals surface area contributed by atoms with Gasteiger partial charge in [-0.1, -0.05) is 59.8 Å². The molecule has 24 heavy (non-hydrogen) atoms. The Morgan fingerprint density at radius 2 is 1.67 bits per heavy atom. The summed E-state index contributed by atoms with van der Waals surface area (Å²) < 4.78 is 3.39. The van der Waals surface area contributed by atoms with Crippen LogP contribution in [0.15, 0.2) is 82.8 Å². The molecule has 0 N–H and O–H groups in total. The summed E-state index contributed by atoms with van der Waals surface area (Å²) in [6, 6.07) is 23.2. The molecule has 0 amide bonds. The summed E-state index contributed by atoms with van der Waals surface area (Å²) in [6.45, 7) is 2.11. The van der Waals surface area contributed by atoms with Crippen LogP contribution >= 0.6 is 34.4 Å². The second kappa shape index (κ2) is 6.61. The zero-order valence-corrected chi connectivity index (χ0v) is 16.1. The molecule has 4 rings (SSSR count). The average Bonchev–Trinajstić information content (AvgIpc) is 2.95. The molecule has 118 valence electrons. The lowest BCUT2D eigenvalue weighted by Gasteiger charge is -2.06. The zero-order chi connectivity index (χ0) is 16.5. The number of halogens is 1. The highest BCUT2D eigenvalue weighted by Crippen LogP contribution is 2.36. The fraction of sp³-hybridized carbons (Fsp3) is 0.0500. The number of aromatic nitrogens is 2. The van der Waals surface area contributed by atoms with E-state index in [0.29, 0.717) is 0 Å². The van der Waals surface area contributed by atoms with Crippen LogP contribution in [0.2, 0.25) is 0 Å². The fourth-order valence-electron chi connectivity index (χ4n) is 2.60. The summed E-state index contributed by atoms with van der Waals surface area (Å²) >= 11 is 4.11. The number of benzene rings is 2. The molecule has 0 aliphatic carbocycles. The van der Waals surface area contributed by atoms with E-state index in [1.54, 1.807) is 11.8 Å². The van der Waals surface area contributed by atoms with Gasteiger partial charge in [-0.2, -0.15) is 0 Å². The molecule has 0 aliphatic rings. The first-order valence-electron chi connectivity index (χ1n) is 7.68. The van der Waals surface area contributed by atoms with Crippen LogP contribution in [0.4, 0.5) is 0 Å². The van der Waals surface area contributed by atoms with Crippen molar-refractivity contribution in [3.05, 3.63) is 82.1 Å². The third-order valence-electron chi connectivity index (χ3n) is 3.82. The summed E-state index contributed by atoms with van der Waals surface area (Å²) in [5.41, 5.74) is 4.42. The highest BCUT2D eigenvalue weighted by Gasteiger charge is 2.15. The Morgan fingerprint density at radius 1 is 0.917 bits per heavy atom. The molecular weight excluding hydrogens is 427 g/mol. The highest BCUT2D eigenvalue weighted by molar-refractivity contribution is 14.1. The Labute approximate surface area is 159 Å². The molecule has 4 aromatic rings. The molecule has 0 radical (unpaired) electrons. The second-order valence-corrected chi connectivity index (χ2v) is 7.93. The van der Waals surface area contributed by atoms with Gasteiger partial charge in [0, 0.05) is 20.2 Å². The molecule has 0 spiro atoms. The van der Waals surface area contributed by atoms with Crippen molar-refractivity contribution in [3.8, 4) is 11.3 Å². The Balaban J connectivity index is 1.90. The van der Waals surface area contributed by atoms with Crippen LogP contribution in [0.25, 0.3) is 16.9 Å². The summed E-state index contributed by atoms with van der Waals surface area (Å²) in [4.78, 5) is 6.10. The van der Waals surface area contributed by atoms with Crippen LogP contribution < -0.4 is 0 Å². The van der Waals surface area contributed by atoms with E-state index in [9.17, 15) is 0 Å². The van der Waals surface area contributed by atoms with Crippen molar-refractivity contribution in [2.24, 2.45) is 0 Å². The number of hydrogen-bond acceptors (Lipinski definition) is 2. The van der Waals surface area contributed by atoms with Gasteiger partial charge in [0.2, 0.25) is 0 Å². The number of imidazole rings is 1. The SMILES string of the molecule is Cc1ccc(Sc2c(-c3ccccc3)nc3ccc(I)cn23)cc1. The summed E-state index contributed by atoms with van der Waals surface area (Å²) in [7, 11) is 0. The van der Waals surface area contributed by atoms with Crippen LogP contribution in [0.5, 0.6) is 0 Å². The average molecular weight is 442 g/mol. The summed E-state index contributed by atoms with van der Waals surface area (Å²) in [6.07, 6.45) is 2.14. The van der Waals surface area contributed by atoms with Gasteiger partial charge in [-0.3, -0.25) is 4.40 Å². The fourth-order valence-corrected chi connectivity index (χ4v) is 4.06. The number of nitrogens with zero attached hydrogens (tertiary/aromatic N) is 2. The van der Waals surface area contributed by atoms with E-state index < -0.39 is 0 Å². The minimum absolute atomic E-state index is 0.976. The maximum absolute atomic E-state index is 4.88. The normalized spacial score (nSPS) is 11.1. The lowest BCUT2D eigenvalue weighted by Crippen LogP contribution is -1.88. The predicted molar refractivity (Wildman–Crippen MR) is 109 cm³/mol. The molecule has 2 nitrogen and oxygen atoms in total. The van der Waals surface area contributed by atoms with Gasteiger partial charge in [0.25, 0.3) is 0 Å². The smallest absolute Gasteiger partial charge is 0.138 e. The zero-order valence-electron chi connectivity index (χ0n) is 13.1. The number of rotatable bonds is 3. The van der Waals surface area contributed by atoms with E-state index in [0.717, 1.165) is 21.9 Å². The van der Waals surface area contributed by atoms with E-state index in [-0.39, 0.29) is 0 Å². The Bertz CT molecular complexity index is 992. The van der Waals surface area contributed by atoms with Crippen molar-refractivity contribution in [1.29, 1.82) is 0 Å². The topological polar surface area (TPSA) is 17.3 Å². The first kappa shape index (κ1) is 15.7. The van der Waals surface area contributed by atoms with Gasteiger partial charge in [-0.25, -0.2) is 4.98 Å². The third kappa shape index (κ3) is 3.08. The molecule has 0 saturated carbocycles. The molecule has 2 aromatic carbocycles. The van der Waals surface area contributed by atoms with Crippen molar-refractivity contribution in [3.63, 3.8) is 0 Å². The molecule has 2 aromatic heterocycles. The number of hydrogen-bond donors (Lipinski definition) is 0. The predicted octanol–water partition coefficient (Wildman–Crippen LogP) is 6.07. The molecule has 0 saturated heterocycles. The van der Waals surface area contributed by atoms with Gasteiger partial charge in [0.15, 0.2) is 0 Å². The van der Waals surface area contributed by atoms with Crippen molar-refractivity contribution >= 4 is 40.0 Å². The molecule has 0 aliphatic heterocycles. The van der Waals surface area contributed by atoms with Gasteiger partial charge < -0.3 is 0 Å². The summed E-state index contributed by atoms with van der Waals surface area (Å²) in [5, 5.41) is 1.15. The van der Waals surface area contributed by atoms with E-state index in [1.165, 1.54) is 14.0 Å². The lowest BCUT2D eigenvalue weighted by atomic mass is 10.2. The van der Waals surface area contributed by atoms with E-state index in [2.05, 4.69) is 101 Å². The van der Waals surface area contributed by atoms with E-state index in [1.807, 2.05) is 6.07 Å². The number of aryl methyl sites for hydroxylation is 1. The monoisotopic (exact) mass is 442 g/mol. The Morgan fingerprint density at radius 3 is 2.42 bits per heavy atom. The molecule has 2 heterocycles. The van der Waals surface area contributed by atoms with Crippen LogP contribution in [0.1, 0.15) is 5.56 Å². The van der Waals surface area contributed by atoms with Gasteiger partial charge in [-0.15, -0.1) is 0 Å². The largest absolute Gasteiger partial charge is 0.293 e. The Kier molecular flexibility index (Phi) is 4.33. The molecular formula is C20H15IN2S. The minimum Gasteiger partial charge on any atom is -0.293 e. The highest BCUT2D eigenvalue weighted by atomic mass is 127. The summed E-state index contributed by atoms with van der Waals surface area (Å²) in [5.74, 6) is 0. The van der Waals surface area contributed by atoms with Gasteiger partial charge in [0.05, 0.1) is 0 Å². The first-order valence-corrected chi connectivity index (χ1v) is 9.58. The quantitative estimate of drug-likeness (QED) is 0.359. The van der Waals surface area contributed by atoms with Crippen molar-refractivity contribution in [1.82, 2.24) is 9.38 Å². The maximum atomic E-state index is 4.88. The number of pyridine rings is 1. The van der Waals surface area contributed by atoms with Crippen LogP contribution in [-0.4, -0.2) is 9.38 Å². The van der Waals surface area contributed by atoms with E-state index in [4.69, 9.17) is 4.98 Å². The van der Waals surface area contributed by atoms with Crippen LogP contribution in [0.3, 0.4) is 0 Å². The lowest BCUT2D eigenvalue weighted by molar-refractivity contribution is 1.04. The second-order valence-electron chi connectivity index (χ2n) is 5.62. The van der Waals surface area contributed by atoms with E-state index >= 15 is 0 Å². The third-order valence-corrected chi connectivity index (χ3v) is 5.55. The molecule has 0 atom stereocenters. The molecule has 0 unspecified atom stereocenters. The number of fused-ring (bicyclic) bond motifs is 1. The van der Waals surface area contributed by atoms with Crippen molar-refractivity contribution in [2.45, 2.75) is 16.8 Å². The van der Waals surface area contributed by atoms with Gasteiger partial charge in [-0.05, 0) is 53.8 Å². The maximum Gasteiger partial charge on any atom is 0.138 e. The van der Waals surface area contributed by atoms with Crippen LogP contribution in [0, 0.1) is 10.5 Å². The Hall–Kier alpha value is -1.79. The minimum atomic E-state index is 0.976. The van der Waals surface area contributed by atoms with Crippen LogP contribution in [-0.2, 0) is 0 Å². The van der Waals surface area contributed by atoms with Gasteiger partial charge in [0.1, 0.15) is 16.4 Å². The molecule has 0 fully saturated rings. The molecule has 4 heteroatoms. The van der Waals surface area contributed by atoms with Crippen molar-refractivity contribution < 1.29 is 0 Å². The molecule has 0 bridgehead atoms.